The quantitative estimate of drug-likeness (QED) is 0.620. The lowest BCUT2D eigenvalue weighted by molar-refractivity contribution is -0.128. The molecule has 0 amide bonds. The molecule has 0 aromatic heterocycles. The second-order valence-electron chi connectivity index (χ2n) is 4.70. The summed E-state index contributed by atoms with van der Waals surface area (Å²) in [4.78, 5) is 11.7. The molecule has 0 N–H and O–H groups in total. The minimum atomic E-state index is -0.386. The highest BCUT2D eigenvalue weighted by Crippen LogP contribution is 2.38. The van der Waals surface area contributed by atoms with Crippen molar-refractivity contribution in [2.75, 3.05) is 0 Å². The monoisotopic (exact) mass is 179 g/mol. The van der Waals surface area contributed by atoms with Crippen molar-refractivity contribution in [2.45, 2.75) is 40.0 Å². The van der Waals surface area contributed by atoms with Crippen molar-refractivity contribution in [1.82, 2.24) is 0 Å². The first-order valence-corrected chi connectivity index (χ1v) is 4.92. The van der Waals surface area contributed by atoms with Crippen molar-refractivity contribution >= 4 is 5.78 Å². The Hall–Kier alpha value is -0.840. The molecule has 0 aliphatic heterocycles. The topological polar surface area (TPSA) is 40.9 Å². The molecule has 1 aliphatic rings. The molecule has 2 heteroatoms. The Morgan fingerprint density at radius 3 is 2.62 bits per heavy atom. The Morgan fingerprint density at radius 1 is 1.62 bits per heavy atom. The van der Waals surface area contributed by atoms with E-state index in [1.165, 1.54) is 0 Å². The molecule has 0 aromatic carbocycles. The zero-order chi connectivity index (χ0) is 10.1. The van der Waals surface area contributed by atoms with Crippen LogP contribution >= 0.6 is 0 Å². The van der Waals surface area contributed by atoms with E-state index in [1.54, 1.807) is 0 Å². The number of carbonyl (C=O) groups is 1. The van der Waals surface area contributed by atoms with Gasteiger partial charge in [0.2, 0.25) is 0 Å². The van der Waals surface area contributed by atoms with Crippen LogP contribution in [0.1, 0.15) is 40.0 Å². The molecule has 0 spiro atoms. The maximum atomic E-state index is 11.7. The number of ketones is 1. The largest absolute Gasteiger partial charge is 0.299 e. The molecule has 1 saturated carbocycles. The van der Waals surface area contributed by atoms with E-state index in [-0.39, 0.29) is 17.1 Å². The summed E-state index contributed by atoms with van der Waals surface area (Å²) in [6, 6.07) is 2.25. The summed E-state index contributed by atoms with van der Waals surface area (Å²) >= 11 is 0. The van der Waals surface area contributed by atoms with Crippen LogP contribution < -0.4 is 0 Å². The predicted octanol–water partition coefficient (Wildman–Crippen LogP) is 2.54. The normalized spacial score (nSPS) is 34.7. The minimum Gasteiger partial charge on any atom is -0.299 e. The average molecular weight is 179 g/mol. The maximum absolute atomic E-state index is 11.7. The highest BCUT2D eigenvalue weighted by molar-refractivity contribution is 5.83. The van der Waals surface area contributed by atoms with E-state index in [1.807, 2.05) is 6.92 Å². The van der Waals surface area contributed by atoms with Gasteiger partial charge in [-0.15, -0.1) is 0 Å². The van der Waals surface area contributed by atoms with Crippen LogP contribution in [0.2, 0.25) is 0 Å². The molecule has 0 bridgehead atoms. The van der Waals surface area contributed by atoms with Gasteiger partial charge in [-0.3, -0.25) is 4.79 Å². The standard InChI is InChI=1S/C11H17NO/c1-8(2)9-4-5-11(3,7-12)6-10(9)13/h8-9H,4-6H2,1-3H3. The summed E-state index contributed by atoms with van der Waals surface area (Å²) in [7, 11) is 0. The van der Waals surface area contributed by atoms with E-state index in [2.05, 4.69) is 19.9 Å². The number of nitrogens with zero attached hydrogens (tertiary/aromatic N) is 1. The zero-order valence-electron chi connectivity index (χ0n) is 8.63. The van der Waals surface area contributed by atoms with Crippen LogP contribution in [-0.2, 0) is 4.79 Å². The molecule has 1 fully saturated rings. The van der Waals surface area contributed by atoms with Crippen LogP contribution in [0.5, 0.6) is 0 Å². The lowest BCUT2D eigenvalue weighted by atomic mass is 9.69. The Labute approximate surface area is 79.9 Å². The van der Waals surface area contributed by atoms with Gasteiger partial charge in [-0.1, -0.05) is 13.8 Å². The summed E-state index contributed by atoms with van der Waals surface area (Å²) in [6.07, 6.45) is 2.21. The SMILES string of the molecule is CC(C)C1CCC(C)(C#N)CC1=O. The van der Waals surface area contributed by atoms with Crippen LogP contribution in [0, 0.1) is 28.6 Å². The minimum absolute atomic E-state index is 0.196. The van der Waals surface area contributed by atoms with Gasteiger partial charge in [-0.25, -0.2) is 0 Å². The van der Waals surface area contributed by atoms with Crippen molar-refractivity contribution in [2.24, 2.45) is 17.3 Å². The van der Waals surface area contributed by atoms with Crippen molar-refractivity contribution in [3.63, 3.8) is 0 Å². The summed E-state index contributed by atoms with van der Waals surface area (Å²) < 4.78 is 0. The van der Waals surface area contributed by atoms with Crippen molar-refractivity contribution in [3.8, 4) is 6.07 Å². The third kappa shape index (κ3) is 2.09. The van der Waals surface area contributed by atoms with Crippen LogP contribution in [-0.4, -0.2) is 5.78 Å². The predicted molar refractivity (Wildman–Crippen MR) is 50.9 cm³/mol. The van der Waals surface area contributed by atoms with Crippen LogP contribution in [0.4, 0.5) is 0 Å². The van der Waals surface area contributed by atoms with Gasteiger partial charge in [0.25, 0.3) is 0 Å². The molecule has 13 heavy (non-hydrogen) atoms. The molecule has 2 unspecified atom stereocenters. The number of hydrogen-bond donors (Lipinski definition) is 0. The van der Waals surface area contributed by atoms with E-state index in [0.29, 0.717) is 12.3 Å². The van der Waals surface area contributed by atoms with Gasteiger partial charge in [0.15, 0.2) is 0 Å². The fourth-order valence-electron chi connectivity index (χ4n) is 2.04. The first-order chi connectivity index (χ1) is 5.98. The summed E-state index contributed by atoms with van der Waals surface area (Å²) in [5.74, 6) is 0.905. The van der Waals surface area contributed by atoms with Crippen LogP contribution in [0.25, 0.3) is 0 Å². The second kappa shape index (κ2) is 3.49. The fraction of sp³-hybridized carbons (Fsp3) is 0.818. The van der Waals surface area contributed by atoms with Crippen molar-refractivity contribution in [1.29, 1.82) is 5.26 Å². The molecule has 0 heterocycles. The molecule has 1 rings (SSSR count). The molecule has 1 aliphatic carbocycles. The van der Waals surface area contributed by atoms with Gasteiger partial charge in [-0.2, -0.15) is 5.26 Å². The third-order valence-electron chi connectivity index (χ3n) is 3.06. The summed E-state index contributed by atoms with van der Waals surface area (Å²) in [6.45, 7) is 6.05. The van der Waals surface area contributed by atoms with E-state index >= 15 is 0 Å². The van der Waals surface area contributed by atoms with Crippen molar-refractivity contribution in [3.05, 3.63) is 0 Å². The van der Waals surface area contributed by atoms with Crippen LogP contribution in [0.15, 0.2) is 0 Å². The Morgan fingerprint density at radius 2 is 2.23 bits per heavy atom. The molecule has 0 radical (unpaired) electrons. The summed E-state index contributed by atoms with van der Waals surface area (Å²) in [5.41, 5.74) is -0.386. The molecule has 0 aromatic rings. The Kier molecular flexibility index (Phi) is 2.75. The number of nitriles is 1. The highest BCUT2D eigenvalue weighted by atomic mass is 16.1. The van der Waals surface area contributed by atoms with Gasteiger partial charge in [0.05, 0.1) is 11.5 Å². The van der Waals surface area contributed by atoms with Gasteiger partial charge < -0.3 is 0 Å². The van der Waals surface area contributed by atoms with Gasteiger partial charge in [-0.05, 0) is 25.7 Å². The molecular weight excluding hydrogens is 162 g/mol. The molecule has 2 nitrogen and oxygen atoms in total. The summed E-state index contributed by atoms with van der Waals surface area (Å²) in [5, 5.41) is 8.89. The first-order valence-electron chi connectivity index (χ1n) is 4.92. The number of carbonyl (C=O) groups excluding carboxylic acids is 1. The lowest BCUT2D eigenvalue weighted by Gasteiger charge is -2.32. The number of hydrogen-bond acceptors (Lipinski definition) is 2. The second-order valence-corrected chi connectivity index (χ2v) is 4.70. The zero-order valence-corrected chi connectivity index (χ0v) is 8.63. The van der Waals surface area contributed by atoms with E-state index in [0.717, 1.165) is 12.8 Å². The molecule has 2 atom stereocenters. The lowest BCUT2D eigenvalue weighted by Crippen LogP contribution is -2.33. The third-order valence-corrected chi connectivity index (χ3v) is 3.06. The number of Topliss-reactive ketones (excluding diaryl/α,β-unsaturated/α-hetero) is 1. The maximum Gasteiger partial charge on any atom is 0.137 e. The van der Waals surface area contributed by atoms with E-state index < -0.39 is 0 Å². The average Bonchev–Trinajstić information content (AvgIpc) is 2.03. The molecule has 72 valence electrons. The highest BCUT2D eigenvalue weighted by Gasteiger charge is 2.37. The molecule has 0 saturated heterocycles. The van der Waals surface area contributed by atoms with Gasteiger partial charge >= 0.3 is 0 Å². The first kappa shape index (κ1) is 10.2. The molecular formula is C11H17NO. The Bertz CT molecular complexity index is 251. The van der Waals surface area contributed by atoms with Gasteiger partial charge in [0.1, 0.15) is 5.78 Å². The van der Waals surface area contributed by atoms with E-state index in [9.17, 15) is 4.79 Å². The van der Waals surface area contributed by atoms with Crippen molar-refractivity contribution < 1.29 is 4.79 Å². The van der Waals surface area contributed by atoms with Gasteiger partial charge in [0, 0.05) is 12.3 Å². The van der Waals surface area contributed by atoms with E-state index in [4.69, 9.17) is 5.26 Å². The fourth-order valence-corrected chi connectivity index (χ4v) is 2.04. The van der Waals surface area contributed by atoms with Crippen LogP contribution in [0.3, 0.4) is 0 Å². The smallest absolute Gasteiger partial charge is 0.137 e. The Balaban J connectivity index is 2.69. The number of rotatable bonds is 1.